The molecule has 17 rings (SSSR count). The van der Waals surface area contributed by atoms with Gasteiger partial charge in [0.25, 0.3) is 0 Å². The zero-order valence-electron chi connectivity index (χ0n) is 44.8. The molecule has 0 fully saturated rings. The first kappa shape index (κ1) is 37.2. The number of hydrogen-bond acceptors (Lipinski definition) is 5. The predicted molar refractivity (Wildman–Crippen MR) is 323 cm³/mol. The Hall–Kier alpha value is -9.54. The summed E-state index contributed by atoms with van der Waals surface area (Å²) in [4.78, 5) is 0. The van der Waals surface area contributed by atoms with Gasteiger partial charge in [0.1, 0.15) is 17.7 Å². The smallest absolute Gasteiger partial charge is 0.104 e. The van der Waals surface area contributed by atoms with Crippen molar-refractivity contribution in [3.05, 3.63) is 223 Å². The van der Waals surface area contributed by atoms with Crippen molar-refractivity contribution in [3.8, 4) is 40.3 Å². The maximum Gasteiger partial charge on any atom is 0.104 e. The van der Waals surface area contributed by atoms with E-state index in [0.29, 0.717) is 16.9 Å². The SMILES string of the molecule is [2H]c1c([2H])c([2H])c(-c2c(C#N)c(-n3c4ccccc4c4ccc5c6ccccc6sc5c43)c(-n3c4ccccc4c4ccc5c6ccccc6sc5c43)c(C#N)c2-n2c3ccccc3c3ccc4c5ccccc5sc4c32)c([2H])c1[2H]. The molecular weight excluding hydrogens is 983 g/mol. The van der Waals surface area contributed by atoms with Crippen LogP contribution in [0.15, 0.2) is 212 Å². The molecule has 0 atom stereocenters. The lowest BCUT2D eigenvalue weighted by Gasteiger charge is -2.26. The lowest BCUT2D eigenvalue weighted by atomic mass is 9.91. The van der Waals surface area contributed by atoms with E-state index >= 15 is 0 Å². The molecular formula is C68H35N5S3. The summed E-state index contributed by atoms with van der Waals surface area (Å²) in [6, 6.07) is 65.2. The summed E-state index contributed by atoms with van der Waals surface area (Å²) in [6.45, 7) is 0. The van der Waals surface area contributed by atoms with Gasteiger partial charge in [0, 0.05) is 84.3 Å². The molecule has 0 unspecified atom stereocenters. The van der Waals surface area contributed by atoms with Gasteiger partial charge in [-0.2, -0.15) is 10.5 Å². The number of para-hydroxylation sites is 3. The number of nitriles is 2. The van der Waals surface area contributed by atoms with E-state index in [1.165, 1.54) is 0 Å². The van der Waals surface area contributed by atoms with Crippen LogP contribution in [0.5, 0.6) is 0 Å². The number of benzene rings is 11. The molecule has 6 aromatic heterocycles. The van der Waals surface area contributed by atoms with E-state index in [0.717, 1.165) is 120 Å². The second-order valence-corrected chi connectivity index (χ2v) is 22.4. The van der Waals surface area contributed by atoms with Gasteiger partial charge in [0.15, 0.2) is 0 Å². The van der Waals surface area contributed by atoms with Gasteiger partial charge in [-0.05, 0) is 42.0 Å². The van der Waals surface area contributed by atoms with Crippen LogP contribution in [0.25, 0.3) is 154 Å². The van der Waals surface area contributed by atoms with Gasteiger partial charge in [0.2, 0.25) is 0 Å². The molecule has 0 N–H and O–H groups in total. The van der Waals surface area contributed by atoms with Crippen molar-refractivity contribution in [3.63, 3.8) is 0 Å². The highest BCUT2D eigenvalue weighted by Gasteiger charge is 2.34. The zero-order chi connectivity index (χ0) is 54.3. The van der Waals surface area contributed by atoms with Crippen LogP contribution in [0.1, 0.15) is 18.0 Å². The molecule has 8 heteroatoms. The first-order valence-corrected chi connectivity index (χ1v) is 27.3. The quantitative estimate of drug-likeness (QED) is 0.176. The van der Waals surface area contributed by atoms with Crippen molar-refractivity contribution in [2.75, 3.05) is 0 Å². The molecule has 5 nitrogen and oxygen atoms in total. The molecule has 0 spiro atoms. The number of hydrogen-bond donors (Lipinski definition) is 0. The van der Waals surface area contributed by atoms with Crippen LogP contribution in [0, 0.1) is 22.7 Å². The summed E-state index contributed by atoms with van der Waals surface area (Å²) in [5.41, 5.74) is 5.69. The molecule has 0 aliphatic heterocycles. The molecule has 11 aromatic carbocycles. The van der Waals surface area contributed by atoms with Crippen molar-refractivity contribution in [2.45, 2.75) is 0 Å². The topological polar surface area (TPSA) is 62.4 Å². The van der Waals surface area contributed by atoms with Crippen LogP contribution < -0.4 is 0 Å². The summed E-state index contributed by atoms with van der Waals surface area (Å²) in [5, 5.41) is 37.5. The summed E-state index contributed by atoms with van der Waals surface area (Å²) < 4.78 is 60.1. The first-order chi connectivity index (χ1) is 39.7. The van der Waals surface area contributed by atoms with Crippen LogP contribution in [0.4, 0.5) is 0 Å². The van der Waals surface area contributed by atoms with Gasteiger partial charge in [-0.25, -0.2) is 0 Å². The second kappa shape index (κ2) is 15.5. The number of aromatic nitrogens is 3. The molecule has 6 heterocycles. The van der Waals surface area contributed by atoms with E-state index in [1.54, 1.807) is 34.0 Å². The van der Waals surface area contributed by atoms with Gasteiger partial charge in [-0.3, -0.25) is 0 Å². The summed E-state index contributed by atoms with van der Waals surface area (Å²) in [5.74, 6) is 0. The van der Waals surface area contributed by atoms with Crippen LogP contribution in [0.3, 0.4) is 0 Å². The van der Waals surface area contributed by atoms with Gasteiger partial charge in [-0.1, -0.05) is 176 Å². The third-order valence-corrected chi connectivity index (χ3v) is 19.2. The number of nitrogens with zero attached hydrogens (tertiary/aromatic N) is 5. The second-order valence-electron chi connectivity index (χ2n) is 19.3. The standard InChI is InChI=1S/C68H35N5S3/c69-36-51-59(38-16-2-1-3-17-38)60(71-53-24-10-4-18-39(53)45-30-33-48-42-21-7-13-27-56(42)74-66(48)63(45)71)52(37-70)62(73-55-26-12-6-20-41(55)47-32-35-50-44-23-9-15-29-58(44)76-68(50)65(47)73)61(51)72-54-25-11-5-19-40(54)46-31-34-49-43-22-8-14-28-57(43)75-67(49)64(46)72/h1-35H/i1D,2D,3D,16D,17D. The average Bonchev–Trinajstić information content (AvgIpc) is 3.02. The number of thiophene rings is 3. The Morgan fingerprint density at radius 2 is 0.658 bits per heavy atom. The van der Waals surface area contributed by atoms with Gasteiger partial charge in [0.05, 0.1) is 76.7 Å². The van der Waals surface area contributed by atoms with E-state index in [2.05, 4.69) is 135 Å². The largest absolute Gasteiger partial charge is 0.306 e. The summed E-state index contributed by atoms with van der Waals surface area (Å²) in [6.07, 6.45) is 0. The maximum absolute atomic E-state index is 12.9. The number of rotatable bonds is 4. The highest BCUT2D eigenvalue weighted by atomic mass is 32.1. The van der Waals surface area contributed by atoms with E-state index in [1.807, 2.05) is 72.8 Å². The normalized spacial score (nSPS) is 13.1. The molecule has 0 bridgehead atoms. The van der Waals surface area contributed by atoms with Crippen molar-refractivity contribution >= 4 is 160 Å². The fraction of sp³-hybridized carbons (Fsp3) is 0. The third kappa shape index (κ3) is 5.39. The monoisotopic (exact) mass is 1020 g/mol. The highest BCUT2D eigenvalue weighted by molar-refractivity contribution is 7.27. The van der Waals surface area contributed by atoms with Crippen molar-refractivity contribution < 1.29 is 6.85 Å². The zero-order valence-corrected chi connectivity index (χ0v) is 42.2. The molecule has 0 radical (unpaired) electrons. The molecule has 350 valence electrons. The fourth-order valence-electron chi connectivity index (χ4n) is 12.6. The van der Waals surface area contributed by atoms with Crippen molar-refractivity contribution in [1.29, 1.82) is 10.5 Å². The molecule has 0 saturated carbocycles. The third-order valence-electron chi connectivity index (χ3n) is 15.6. The molecule has 17 aromatic rings. The van der Waals surface area contributed by atoms with Gasteiger partial charge < -0.3 is 13.7 Å². The first-order valence-electron chi connectivity index (χ1n) is 27.4. The molecule has 76 heavy (non-hydrogen) atoms. The molecule has 0 aliphatic carbocycles. The minimum atomic E-state index is -0.567. The molecule has 0 amide bonds. The summed E-state index contributed by atoms with van der Waals surface area (Å²) in [7, 11) is 0. The minimum Gasteiger partial charge on any atom is -0.306 e. The predicted octanol–water partition coefficient (Wildman–Crippen LogP) is 19.5. The highest BCUT2D eigenvalue weighted by Crippen LogP contribution is 2.53. The van der Waals surface area contributed by atoms with E-state index in [-0.39, 0.29) is 27.9 Å². The Morgan fingerprint density at radius 1 is 0.329 bits per heavy atom. The maximum atomic E-state index is 12.9. The Kier molecular flexibility index (Phi) is 7.59. The summed E-state index contributed by atoms with van der Waals surface area (Å²) >= 11 is 4.98. The van der Waals surface area contributed by atoms with Crippen LogP contribution >= 0.6 is 34.0 Å². The Bertz CT molecular complexity index is 5810. The molecule has 0 aliphatic rings. The fourth-order valence-corrected chi connectivity index (χ4v) is 16.3. The van der Waals surface area contributed by atoms with E-state index < -0.39 is 30.2 Å². The molecule has 0 saturated heterocycles. The van der Waals surface area contributed by atoms with Crippen LogP contribution in [-0.4, -0.2) is 13.7 Å². The number of fused-ring (bicyclic) bond motifs is 21. The van der Waals surface area contributed by atoms with Gasteiger partial charge in [-0.15, -0.1) is 34.0 Å². The average molecular weight is 1020 g/mol. The Labute approximate surface area is 452 Å². The Balaban J connectivity index is 1.22. The lowest BCUT2D eigenvalue weighted by Crippen LogP contribution is -2.14. The Morgan fingerprint density at radius 3 is 1.05 bits per heavy atom. The lowest BCUT2D eigenvalue weighted by molar-refractivity contribution is 1.06. The van der Waals surface area contributed by atoms with Gasteiger partial charge >= 0.3 is 0 Å². The van der Waals surface area contributed by atoms with E-state index in [9.17, 15) is 16.0 Å². The van der Waals surface area contributed by atoms with Crippen molar-refractivity contribution in [1.82, 2.24) is 13.7 Å². The minimum absolute atomic E-state index is 0.0298. The van der Waals surface area contributed by atoms with E-state index in [4.69, 9.17) is 1.37 Å². The van der Waals surface area contributed by atoms with Crippen LogP contribution in [-0.2, 0) is 0 Å². The van der Waals surface area contributed by atoms with Crippen molar-refractivity contribution in [2.24, 2.45) is 0 Å². The van der Waals surface area contributed by atoms with Crippen LogP contribution in [0.2, 0.25) is 0 Å².